The van der Waals surface area contributed by atoms with Gasteiger partial charge in [0.1, 0.15) is 0 Å². The molecule has 1 unspecified atom stereocenters. The van der Waals surface area contributed by atoms with E-state index in [9.17, 15) is 13.2 Å². The smallest absolute Gasteiger partial charge is 0.262 e. The zero-order chi connectivity index (χ0) is 19.2. The summed E-state index contributed by atoms with van der Waals surface area (Å²) in [5.74, 6) is -0.0119. The van der Waals surface area contributed by atoms with Crippen molar-refractivity contribution in [1.82, 2.24) is 23.7 Å². The maximum Gasteiger partial charge on any atom is 0.262 e. The Kier molecular flexibility index (Phi) is 4.28. The number of aromatic nitrogens is 3. The van der Waals surface area contributed by atoms with Crippen LogP contribution in [0.3, 0.4) is 0 Å². The summed E-state index contributed by atoms with van der Waals surface area (Å²) in [6.45, 7) is 1.40. The van der Waals surface area contributed by atoms with Crippen molar-refractivity contribution in [1.29, 1.82) is 0 Å². The van der Waals surface area contributed by atoms with Crippen molar-refractivity contribution in [2.45, 2.75) is 17.0 Å². The molecule has 1 amide bonds. The minimum absolute atomic E-state index is 0.0119. The van der Waals surface area contributed by atoms with E-state index in [-0.39, 0.29) is 17.5 Å². The Labute approximate surface area is 158 Å². The molecule has 1 atom stereocenters. The Morgan fingerprint density at radius 3 is 2.70 bits per heavy atom. The summed E-state index contributed by atoms with van der Waals surface area (Å²) in [7, 11) is -0.0292. The van der Waals surface area contributed by atoms with Gasteiger partial charge in [0.25, 0.3) is 10.0 Å². The summed E-state index contributed by atoms with van der Waals surface area (Å²) in [6.07, 6.45) is 6.97. The molecule has 27 heavy (non-hydrogen) atoms. The molecule has 0 aliphatic carbocycles. The second-order valence-electron chi connectivity index (χ2n) is 7.24. The van der Waals surface area contributed by atoms with Crippen LogP contribution in [0.4, 0.5) is 5.69 Å². The molecular formula is C17H22N6O3S. The number of piperazine rings is 1. The number of pyridine rings is 1. The Morgan fingerprint density at radius 1 is 1.22 bits per heavy atom. The van der Waals surface area contributed by atoms with Crippen LogP contribution in [0.25, 0.3) is 0 Å². The molecule has 4 heterocycles. The first kappa shape index (κ1) is 18.1. The van der Waals surface area contributed by atoms with E-state index in [2.05, 4.69) is 9.97 Å². The highest BCUT2D eigenvalue weighted by Crippen LogP contribution is 2.35. The number of imidazole rings is 1. The minimum atomic E-state index is -3.65. The molecule has 2 saturated heterocycles. The fourth-order valence-electron chi connectivity index (χ4n) is 3.83. The highest BCUT2D eigenvalue weighted by molar-refractivity contribution is 7.89. The Bertz CT molecular complexity index is 960. The lowest BCUT2D eigenvalue weighted by atomic mass is 9.93. The van der Waals surface area contributed by atoms with Crippen LogP contribution >= 0.6 is 0 Å². The first-order valence-corrected chi connectivity index (χ1v) is 10.2. The van der Waals surface area contributed by atoms with Crippen molar-refractivity contribution in [3.05, 3.63) is 37.1 Å². The van der Waals surface area contributed by atoms with Gasteiger partial charge in [0, 0.05) is 39.1 Å². The number of amides is 1. The number of likely N-dealkylation sites (N-methyl/N-ethyl adjacent to an activating group) is 1. The van der Waals surface area contributed by atoms with Gasteiger partial charge in [0.05, 0.1) is 30.3 Å². The molecule has 1 spiro atoms. The van der Waals surface area contributed by atoms with E-state index in [0.29, 0.717) is 26.1 Å². The molecule has 9 nitrogen and oxygen atoms in total. The number of rotatable bonds is 3. The maximum absolute atomic E-state index is 12.9. The largest absolute Gasteiger partial charge is 0.339 e. The number of anilines is 1. The van der Waals surface area contributed by atoms with Gasteiger partial charge in [-0.25, -0.2) is 13.4 Å². The normalized spacial score (nSPS) is 24.8. The SMILES string of the molecule is CN1CC(=O)N(c2cccnc2)CC12CCN(S(=O)(=O)c1cn(C)cn1)C2. The number of hydrogen-bond acceptors (Lipinski definition) is 6. The maximum atomic E-state index is 12.9. The molecule has 4 rings (SSSR count). The van der Waals surface area contributed by atoms with Gasteiger partial charge in [-0.2, -0.15) is 4.31 Å². The molecule has 2 aromatic rings. The topological polar surface area (TPSA) is 91.6 Å². The van der Waals surface area contributed by atoms with Crippen LogP contribution < -0.4 is 4.90 Å². The van der Waals surface area contributed by atoms with Crippen LogP contribution in [0.5, 0.6) is 0 Å². The zero-order valence-corrected chi connectivity index (χ0v) is 16.1. The molecule has 0 N–H and O–H groups in total. The quantitative estimate of drug-likeness (QED) is 0.728. The van der Waals surface area contributed by atoms with Crippen molar-refractivity contribution < 1.29 is 13.2 Å². The fraction of sp³-hybridized carbons (Fsp3) is 0.471. The predicted molar refractivity (Wildman–Crippen MR) is 98.5 cm³/mol. The fourth-order valence-corrected chi connectivity index (χ4v) is 5.31. The third-order valence-electron chi connectivity index (χ3n) is 5.48. The number of hydrogen-bond donors (Lipinski definition) is 0. The summed E-state index contributed by atoms with van der Waals surface area (Å²) in [5, 5.41) is 0.0562. The molecule has 144 valence electrons. The lowest BCUT2D eigenvalue weighted by Crippen LogP contribution is -2.64. The number of carbonyl (C=O) groups excluding carboxylic acids is 1. The van der Waals surface area contributed by atoms with Gasteiger partial charge in [0.2, 0.25) is 5.91 Å². The number of aryl methyl sites for hydroxylation is 1. The van der Waals surface area contributed by atoms with E-state index in [1.807, 2.05) is 18.0 Å². The highest BCUT2D eigenvalue weighted by atomic mass is 32.2. The summed E-state index contributed by atoms with van der Waals surface area (Å²) >= 11 is 0. The predicted octanol–water partition coefficient (Wildman–Crippen LogP) is -0.0731. The molecule has 2 fully saturated rings. The number of nitrogens with zero attached hydrogens (tertiary/aromatic N) is 6. The lowest BCUT2D eigenvalue weighted by molar-refractivity contribution is -0.123. The molecule has 2 aliphatic rings. The van der Waals surface area contributed by atoms with Gasteiger partial charge >= 0.3 is 0 Å². The molecule has 0 saturated carbocycles. The summed E-state index contributed by atoms with van der Waals surface area (Å²) in [6, 6.07) is 3.64. The van der Waals surface area contributed by atoms with Crippen LogP contribution in [0.1, 0.15) is 6.42 Å². The first-order chi connectivity index (χ1) is 12.8. The van der Waals surface area contributed by atoms with E-state index >= 15 is 0 Å². The van der Waals surface area contributed by atoms with E-state index in [1.54, 1.807) is 35.0 Å². The van der Waals surface area contributed by atoms with Crippen molar-refractivity contribution in [3.63, 3.8) is 0 Å². The van der Waals surface area contributed by atoms with Crippen molar-refractivity contribution >= 4 is 21.6 Å². The second kappa shape index (κ2) is 6.39. The van der Waals surface area contributed by atoms with E-state index < -0.39 is 15.6 Å². The van der Waals surface area contributed by atoms with Crippen molar-refractivity contribution in [2.75, 3.05) is 38.1 Å². The Morgan fingerprint density at radius 2 is 2.04 bits per heavy atom. The van der Waals surface area contributed by atoms with Crippen LogP contribution in [-0.4, -0.2) is 76.8 Å². The third kappa shape index (κ3) is 3.03. The molecule has 10 heteroatoms. The average Bonchev–Trinajstić information content (AvgIpc) is 3.27. The van der Waals surface area contributed by atoms with Crippen molar-refractivity contribution in [2.24, 2.45) is 7.05 Å². The Balaban J connectivity index is 1.61. The molecule has 0 aromatic carbocycles. The van der Waals surface area contributed by atoms with E-state index in [0.717, 1.165) is 5.69 Å². The van der Waals surface area contributed by atoms with Crippen LogP contribution in [0.2, 0.25) is 0 Å². The van der Waals surface area contributed by atoms with Crippen LogP contribution in [0, 0.1) is 0 Å². The van der Waals surface area contributed by atoms with Gasteiger partial charge < -0.3 is 9.47 Å². The lowest BCUT2D eigenvalue weighted by Gasteiger charge is -2.46. The Hall–Kier alpha value is -2.30. The van der Waals surface area contributed by atoms with Crippen LogP contribution in [0.15, 0.2) is 42.1 Å². The number of carbonyl (C=O) groups is 1. The second-order valence-corrected chi connectivity index (χ2v) is 9.12. The summed E-state index contributed by atoms with van der Waals surface area (Å²) in [4.78, 5) is 24.4. The van der Waals surface area contributed by atoms with Gasteiger partial charge in [0.15, 0.2) is 5.03 Å². The zero-order valence-electron chi connectivity index (χ0n) is 15.3. The van der Waals surface area contributed by atoms with Crippen LogP contribution in [-0.2, 0) is 21.9 Å². The average molecular weight is 390 g/mol. The highest BCUT2D eigenvalue weighted by Gasteiger charge is 2.50. The van der Waals surface area contributed by atoms with Gasteiger partial charge in [-0.1, -0.05) is 0 Å². The molecule has 2 aromatic heterocycles. The summed E-state index contributed by atoms with van der Waals surface area (Å²) < 4.78 is 29.0. The molecule has 2 aliphatic heterocycles. The number of sulfonamides is 1. The monoisotopic (exact) mass is 390 g/mol. The van der Waals surface area contributed by atoms with Crippen molar-refractivity contribution in [3.8, 4) is 0 Å². The van der Waals surface area contributed by atoms with E-state index in [4.69, 9.17) is 0 Å². The molecule has 0 bridgehead atoms. The molecule has 0 radical (unpaired) electrons. The van der Waals surface area contributed by atoms with Gasteiger partial charge in [-0.3, -0.25) is 14.7 Å². The van der Waals surface area contributed by atoms with Gasteiger partial charge in [-0.15, -0.1) is 0 Å². The summed E-state index contributed by atoms with van der Waals surface area (Å²) in [5.41, 5.74) is 0.312. The van der Waals surface area contributed by atoms with E-state index in [1.165, 1.54) is 16.8 Å². The molecular weight excluding hydrogens is 368 g/mol. The van der Waals surface area contributed by atoms with Gasteiger partial charge in [-0.05, 0) is 25.6 Å². The first-order valence-electron chi connectivity index (χ1n) is 8.72. The minimum Gasteiger partial charge on any atom is -0.339 e. The third-order valence-corrected chi connectivity index (χ3v) is 7.21. The standard InChI is InChI=1S/C17H22N6O3S/c1-20-9-15(19-13-20)27(25,26)22-7-5-17(11-22)12-23(16(24)10-21(17)2)14-4-3-6-18-8-14/h3-4,6,8-9,13H,5,7,10-12H2,1-2H3.